The van der Waals surface area contributed by atoms with E-state index in [-0.39, 0.29) is 16.8 Å². The number of carbonyl (C=O) groups is 1. The first-order chi connectivity index (χ1) is 18.4. The summed E-state index contributed by atoms with van der Waals surface area (Å²) in [6.45, 7) is 9.46. The fourth-order valence-electron chi connectivity index (χ4n) is 4.89. The minimum absolute atomic E-state index is 0.00570. The Kier molecular flexibility index (Phi) is 9.63. The van der Waals surface area contributed by atoms with Crippen LogP contribution in [0.5, 0.6) is 0 Å². The second-order valence-corrected chi connectivity index (χ2v) is 11.4. The van der Waals surface area contributed by atoms with Crippen LogP contribution in [0, 0.1) is 0 Å². The molecule has 0 saturated carbocycles. The van der Waals surface area contributed by atoms with E-state index in [4.69, 9.17) is 0 Å². The van der Waals surface area contributed by atoms with E-state index in [9.17, 15) is 13.2 Å². The lowest BCUT2D eigenvalue weighted by Crippen LogP contribution is -2.49. The van der Waals surface area contributed by atoms with Gasteiger partial charge in [0.05, 0.1) is 10.9 Å². The highest BCUT2D eigenvalue weighted by Crippen LogP contribution is 2.22. The molecule has 4 rings (SSSR count). The van der Waals surface area contributed by atoms with Crippen molar-refractivity contribution in [3.8, 4) is 0 Å². The van der Waals surface area contributed by atoms with E-state index in [1.165, 1.54) is 22.0 Å². The minimum Gasteiger partial charge on any atom is -0.350 e. The molecule has 9 heteroatoms. The quantitative estimate of drug-likeness (QED) is 0.405. The molecule has 0 aliphatic carbocycles. The van der Waals surface area contributed by atoms with Crippen molar-refractivity contribution >= 4 is 15.9 Å². The van der Waals surface area contributed by atoms with E-state index < -0.39 is 10.0 Å². The normalized spacial score (nSPS) is 15.9. The van der Waals surface area contributed by atoms with Crippen molar-refractivity contribution in [2.75, 3.05) is 45.8 Å². The van der Waals surface area contributed by atoms with Gasteiger partial charge < -0.3 is 5.32 Å². The minimum atomic E-state index is -3.56. The zero-order valence-electron chi connectivity index (χ0n) is 22.2. The second-order valence-electron chi connectivity index (χ2n) is 9.42. The van der Waals surface area contributed by atoms with Gasteiger partial charge in [-0.05, 0) is 41.5 Å². The van der Waals surface area contributed by atoms with Gasteiger partial charge in [0.15, 0.2) is 0 Å². The Bertz CT molecular complexity index is 1260. The Hall–Kier alpha value is -3.11. The largest absolute Gasteiger partial charge is 0.350 e. The third kappa shape index (κ3) is 6.85. The van der Waals surface area contributed by atoms with E-state index >= 15 is 0 Å². The van der Waals surface area contributed by atoms with Crippen LogP contribution in [0.25, 0.3) is 0 Å². The molecule has 3 aromatic rings. The number of sulfonamides is 1. The van der Waals surface area contributed by atoms with Gasteiger partial charge in [0.2, 0.25) is 10.0 Å². The number of nitrogens with zero attached hydrogens (tertiary/aromatic N) is 4. The topological polar surface area (TPSA) is 85.8 Å². The number of nitrogens with one attached hydrogen (secondary N) is 1. The summed E-state index contributed by atoms with van der Waals surface area (Å²) in [5.74, 6) is -0.228. The number of piperazine rings is 1. The SMILES string of the molecule is CCN(CC)S(=O)(=O)c1ccc(C(=O)NCC(c2cccnc2)N2CCN(Cc3ccccc3)CC2)cc1. The molecule has 1 saturated heterocycles. The summed E-state index contributed by atoms with van der Waals surface area (Å²) in [6, 6.07) is 20.6. The molecule has 38 heavy (non-hydrogen) atoms. The number of aromatic nitrogens is 1. The van der Waals surface area contributed by atoms with Crippen LogP contribution >= 0.6 is 0 Å². The summed E-state index contributed by atoms with van der Waals surface area (Å²) in [6.07, 6.45) is 3.62. The summed E-state index contributed by atoms with van der Waals surface area (Å²) in [7, 11) is -3.56. The zero-order chi connectivity index (χ0) is 27.0. The molecule has 1 fully saturated rings. The fraction of sp³-hybridized carbons (Fsp3) is 0.379. The van der Waals surface area contributed by atoms with Crippen molar-refractivity contribution in [1.82, 2.24) is 24.4 Å². The smallest absolute Gasteiger partial charge is 0.251 e. The monoisotopic (exact) mass is 535 g/mol. The highest BCUT2D eigenvalue weighted by atomic mass is 32.2. The van der Waals surface area contributed by atoms with Crippen molar-refractivity contribution in [3.63, 3.8) is 0 Å². The van der Waals surface area contributed by atoms with Crippen molar-refractivity contribution in [1.29, 1.82) is 0 Å². The van der Waals surface area contributed by atoms with Crippen molar-refractivity contribution in [3.05, 3.63) is 95.8 Å². The zero-order valence-corrected chi connectivity index (χ0v) is 23.0. The average Bonchev–Trinajstić information content (AvgIpc) is 2.95. The van der Waals surface area contributed by atoms with Gasteiger partial charge in [-0.25, -0.2) is 8.42 Å². The number of amides is 1. The molecule has 1 aliphatic heterocycles. The van der Waals surface area contributed by atoms with E-state index in [1.807, 2.05) is 38.2 Å². The van der Waals surface area contributed by atoms with Gasteiger partial charge in [-0.15, -0.1) is 0 Å². The van der Waals surface area contributed by atoms with Gasteiger partial charge in [-0.1, -0.05) is 50.2 Å². The van der Waals surface area contributed by atoms with Crippen LogP contribution in [0.1, 0.15) is 41.4 Å². The van der Waals surface area contributed by atoms with Crippen LogP contribution in [0.4, 0.5) is 0 Å². The molecule has 202 valence electrons. The Morgan fingerprint density at radius 3 is 2.24 bits per heavy atom. The summed E-state index contributed by atoms with van der Waals surface area (Å²) >= 11 is 0. The number of benzene rings is 2. The van der Waals surface area contributed by atoms with Crippen molar-refractivity contribution in [2.45, 2.75) is 31.3 Å². The van der Waals surface area contributed by atoms with Gasteiger partial charge in [0, 0.05) is 70.3 Å². The van der Waals surface area contributed by atoms with E-state index in [1.54, 1.807) is 18.3 Å². The van der Waals surface area contributed by atoms with Gasteiger partial charge in [0.25, 0.3) is 5.91 Å². The molecule has 1 N–H and O–H groups in total. The highest BCUT2D eigenvalue weighted by Gasteiger charge is 2.26. The van der Waals surface area contributed by atoms with Crippen LogP contribution in [-0.4, -0.2) is 79.2 Å². The molecule has 2 heterocycles. The summed E-state index contributed by atoms with van der Waals surface area (Å²) in [5, 5.41) is 3.07. The Morgan fingerprint density at radius 1 is 0.947 bits per heavy atom. The van der Waals surface area contributed by atoms with Gasteiger partial charge in [0.1, 0.15) is 0 Å². The summed E-state index contributed by atoms with van der Waals surface area (Å²) in [4.78, 5) is 22.4. The van der Waals surface area contributed by atoms with E-state index in [0.29, 0.717) is 25.2 Å². The Morgan fingerprint density at radius 2 is 1.63 bits per heavy atom. The van der Waals surface area contributed by atoms with Gasteiger partial charge >= 0.3 is 0 Å². The number of rotatable bonds is 11. The highest BCUT2D eigenvalue weighted by molar-refractivity contribution is 7.89. The molecule has 2 aromatic carbocycles. The lowest BCUT2D eigenvalue weighted by Gasteiger charge is -2.39. The molecule has 1 atom stereocenters. The molecule has 0 radical (unpaired) electrons. The molecule has 1 aliphatic rings. The molecular formula is C29H37N5O3S. The van der Waals surface area contributed by atoms with Crippen LogP contribution in [0.3, 0.4) is 0 Å². The number of hydrogen-bond donors (Lipinski definition) is 1. The fourth-order valence-corrected chi connectivity index (χ4v) is 6.35. The Labute approximate surface area is 226 Å². The van der Waals surface area contributed by atoms with Crippen LogP contribution < -0.4 is 5.32 Å². The average molecular weight is 536 g/mol. The predicted molar refractivity (Wildman–Crippen MR) is 149 cm³/mol. The third-order valence-electron chi connectivity index (χ3n) is 7.08. The first-order valence-electron chi connectivity index (χ1n) is 13.2. The standard InChI is InChI=1S/C29H37N5O3S/c1-3-34(4-2)38(36,37)27-14-12-25(13-15-27)29(35)31-22-28(26-11-8-16-30-21-26)33-19-17-32(18-20-33)23-24-9-6-5-7-10-24/h5-16,21,28H,3-4,17-20,22-23H2,1-2H3,(H,31,35). The maximum Gasteiger partial charge on any atom is 0.251 e. The first-order valence-corrected chi connectivity index (χ1v) is 14.6. The lowest BCUT2D eigenvalue weighted by molar-refractivity contribution is 0.0821. The number of carbonyl (C=O) groups excluding carboxylic acids is 1. The molecule has 8 nitrogen and oxygen atoms in total. The third-order valence-corrected chi connectivity index (χ3v) is 9.15. The lowest BCUT2D eigenvalue weighted by atomic mass is 10.1. The molecular weight excluding hydrogens is 498 g/mol. The molecule has 1 amide bonds. The maximum atomic E-state index is 13.0. The summed E-state index contributed by atoms with van der Waals surface area (Å²) < 4.78 is 26.9. The number of pyridine rings is 1. The van der Waals surface area contributed by atoms with Crippen molar-refractivity contribution in [2.24, 2.45) is 0 Å². The van der Waals surface area contributed by atoms with Gasteiger partial charge in [-0.2, -0.15) is 4.31 Å². The molecule has 0 spiro atoms. The van der Waals surface area contributed by atoms with E-state index in [0.717, 1.165) is 38.3 Å². The van der Waals surface area contributed by atoms with Crippen LogP contribution in [0.2, 0.25) is 0 Å². The number of hydrogen-bond acceptors (Lipinski definition) is 6. The molecule has 1 unspecified atom stereocenters. The predicted octanol–water partition coefficient (Wildman–Crippen LogP) is 3.40. The van der Waals surface area contributed by atoms with Crippen LogP contribution in [0.15, 0.2) is 84.0 Å². The summed E-state index contributed by atoms with van der Waals surface area (Å²) in [5.41, 5.74) is 2.80. The van der Waals surface area contributed by atoms with Gasteiger partial charge in [-0.3, -0.25) is 19.6 Å². The molecule has 0 bridgehead atoms. The van der Waals surface area contributed by atoms with Crippen LogP contribution in [-0.2, 0) is 16.6 Å². The first kappa shape index (κ1) is 27.9. The second kappa shape index (κ2) is 13.1. The van der Waals surface area contributed by atoms with Crippen molar-refractivity contribution < 1.29 is 13.2 Å². The maximum absolute atomic E-state index is 13.0. The Balaban J connectivity index is 1.39. The molecule has 1 aromatic heterocycles. The van der Waals surface area contributed by atoms with E-state index in [2.05, 4.69) is 44.4 Å².